The molecule has 0 spiro atoms. The van der Waals surface area contributed by atoms with Crippen LogP contribution in [0.2, 0.25) is 0 Å². The molecule has 4 N–H and O–H groups in total. The molecule has 152 valence electrons. The lowest BCUT2D eigenvalue weighted by atomic mass is 10.0. The summed E-state index contributed by atoms with van der Waals surface area (Å²) in [6.07, 6.45) is -0.248. The van der Waals surface area contributed by atoms with Gasteiger partial charge in [-0.1, -0.05) is 6.92 Å². The first kappa shape index (κ1) is 19.9. The van der Waals surface area contributed by atoms with Gasteiger partial charge in [0, 0.05) is 31.9 Å². The summed E-state index contributed by atoms with van der Waals surface area (Å²) in [5, 5.41) is 14.2. The Morgan fingerprint density at radius 3 is 2.68 bits per heavy atom. The lowest BCUT2D eigenvalue weighted by Gasteiger charge is -2.30. The van der Waals surface area contributed by atoms with Crippen molar-refractivity contribution in [2.24, 2.45) is 17.8 Å². The van der Waals surface area contributed by atoms with Gasteiger partial charge < -0.3 is 16.4 Å². The maximum absolute atomic E-state index is 13.0. The third-order valence-electron chi connectivity index (χ3n) is 4.59. The van der Waals surface area contributed by atoms with Crippen LogP contribution in [0.4, 0.5) is 18.9 Å². The second kappa shape index (κ2) is 6.97. The van der Waals surface area contributed by atoms with Crippen LogP contribution in [0.15, 0.2) is 35.2 Å². The highest BCUT2D eigenvalue weighted by atomic mass is 19.4. The lowest BCUT2D eigenvalue weighted by Crippen LogP contribution is -2.49. The molecule has 0 saturated heterocycles. The number of nitrogens with zero attached hydrogens (tertiary/aromatic N) is 5. The molecule has 0 saturated carbocycles. The van der Waals surface area contributed by atoms with E-state index in [9.17, 15) is 13.2 Å². The first-order valence-corrected chi connectivity index (χ1v) is 8.69. The quantitative estimate of drug-likeness (QED) is 0.736. The van der Waals surface area contributed by atoms with Crippen molar-refractivity contribution in [1.82, 2.24) is 24.9 Å². The molecule has 8 nitrogen and oxygen atoms in total. The van der Waals surface area contributed by atoms with E-state index < -0.39 is 17.4 Å². The number of nitrogens with two attached hydrogens (primary N) is 1. The van der Waals surface area contributed by atoms with E-state index in [0.717, 1.165) is 17.6 Å². The first-order chi connectivity index (χ1) is 13.0. The van der Waals surface area contributed by atoms with Crippen LogP contribution >= 0.6 is 0 Å². The van der Waals surface area contributed by atoms with Gasteiger partial charge >= 0.3 is 6.18 Å². The lowest BCUT2D eigenvalue weighted by molar-refractivity contribution is -0.100. The predicted molar refractivity (Wildman–Crippen MR) is 99.5 cm³/mol. The molecule has 1 aliphatic rings. The van der Waals surface area contributed by atoms with Gasteiger partial charge in [0.05, 0.1) is 28.8 Å². The molecule has 11 heteroatoms. The fourth-order valence-corrected chi connectivity index (χ4v) is 2.97. The standard InChI is InChI=1S/C17H23F3N8/c1-10(12-5-6-27(4)26-12)9-28-11(2)13(7-23-28)24-15-22-8-14(17(18,19)20)16(3,21)25-15/h5-8,10H,9,21H2,1-4H3,(H2,22,24,25). The van der Waals surface area contributed by atoms with Gasteiger partial charge in [0.25, 0.3) is 0 Å². The van der Waals surface area contributed by atoms with Crippen LogP contribution in [0.5, 0.6) is 0 Å². The monoisotopic (exact) mass is 396 g/mol. The van der Waals surface area contributed by atoms with Crippen molar-refractivity contribution in [3.63, 3.8) is 0 Å². The molecule has 0 aliphatic carbocycles. The van der Waals surface area contributed by atoms with E-state index in [0.29, 0.717) is 12.2 Å². The number of nitrogens with one attached hydrogen (secondary N) is 2. The molecule has 1 aliphatic heterocycles. The van der Waals surface area contributed by atoms with E-state index in [4.69, 9.17) is 5.73 Å². The summed E-state index contributed by atoms with van der Waals surface area (Å²) < 4.78 is 42.6. The normalized spacial score (nSPS) is 21.0. The highest BCUT2D eigenvalue weighted by molar-refractivity contribution is 5.95. The Bertz CT molecular complexity index is 919. The predicted octanol–water partition coefficient (Wildman–Crippen LogP) is 2.22. The largest absolute Gasteiger partial charge is 0.417 e. The van der Waals surface area contributed by atoms with Gasteiger partial charge in [-0.15, -0.1) is 0 Å². The van der Waals surface area contributed by atoms with Crippen LogP contribution in [0.3, 0.4) is 0 Å². The van der Waals surface area contributed by atoms with Gasteiger partial charge in [0.15, 0.2) is 0 Å². The molecular weight excluding hydrogens is 373 g/mol. The van der Waals surface area contributed by atoms with Crippen molar-refractivity contribution in [3.8, 4) is 0 Å². The molecule has 0 aromatic carbocycles. The summed E-state index contributed by atoms with van der Waals surface area (Å²) in [4.78, 5) is 3.95. The van der Waals surface area contributed by atoms with Crippen LogP contribution in [0.1, 0.15) is 31.2 Å². The number of aryl methyl sites for hydroxylation is 1. The van der Waals surface area contributed by atoms with Crippen molar-refractivity contribution >= 4 is 11.6 Å². The van der Waals surface area contributed by atoms with E-state index in [-0.39, 0.29) is 11.9 Å². The van der Waals surface area contributed by atoms with E-state index in [2.05, 4.69) is 25.8 Å². The average Bonchev–Trinajstić information content (AvgIpc) is 3.13. The molecule has 0 amide bonds. The van der Waals surface area contributed by atoms with Gasteiger partial charge in [-0.25, -0.2) is 4.99 Å². The van der Waals surface area contributed by atoms with Gasteiger partial charge in [0.2, 0.25) is 5.96 Å². The molecule has 2 unspecified atom stereocenters. The van der Waals surface area contributed by atoms with Crippen LogP contribution in [-0.4, -0.2) is 37.4 Å². The van der Waals surface area contributed by atoms with Gasteiger partial charge in [-0.3, -0.25) is 9.36 Å². The van der Waals surface area contributed by atoms with Crippen LogP contribution < -0.4 is 16.4 Å². The highest BCUT2D eigenvalue weighted by Gasteiger charge is 2.45. The van der Waals surface area contributed by atoms with Crippen molar-refractivity contribution in [2.45, 2.75) is 45.1 Å². The number of hydrogen-bond donors (Lipinski definition) is 3. The SMILES string of the molecule is Cc1c(NC2=NC(C)(N)C(C(F)(F)F)=CN2)cnn1CC(C)c1ccn(C)n1. The summed E-state index contributed by atoms with van der Waals surface area (Å²) in [5.74, 6) is 0.265. The first-order valence-electron chi connectivity index (χ1n) is 8.69. The van der Waals surface area contributed by atoms with Crippen molar-refractivity contribution in [2.75, 3.05) is 5.32 Å². The van der Waals surface area contributed by atoms with Gasteiger partial charge in [-0.2, -0.15) is 23.4 Å². The van der Waals surface area contributed by atoms with Crippen LogP contribution in [0, 0.1) is 6.92 Å². The molecule has 2 aromatic heterocycles. The zero-order valence-corrected chi connectivity index (χ0v) is 16.0. The topological polar surface area (TPSA) is 98.1 Å². The Morgan fingerprint density at radius 1 is 1.39 bits per heavy atom. The summed E-state index contributed by atoms with van der Waals surface area (Å²) in [6.45, 7) is 5.73. The number of alkyl halides is 3. The molecule has 3 rings (SSSR count). The molecule has 28 heavy (non-hydrogen) atoms. The average molecular weight is 396 g/mol. The van der Waals surface area contributed by atoms with Crippen LogP contribution in [0.25, 0.3) is 0 Å². The number of anilines is 1. The van der Waals surface area contributed by atoms with Crippen LogP contribution in [-0.2, 0) is 13.6 Å². The second-order valence-electron chi connectivity index (χ2n) is 7.07. The van der Waals surface area contributed by atoms with Gasteiger partial charge in [-0.05, 0) is 19.9 Å². The number of halogens is 3. The Morgan fingerprint density at radius 2 is 2.11 bits per heavy atom. The Hall–Kier alpha value is -2.82. The number of aromatic nitrogens is 4. The highest BCUT2D eigenvalue weighted by Crippen LogP contribution is 2.34. The van der Waals surface area contributed by atoms with E-state index in [1.165, 1.54) is 6.92 Å². The Labute approximate surface area is 160 Å². The minimum atomic E-state index is -4.56. The number of rotatable bonds is 4. The van der Waals surface area contributed by atoms with E-state index >= 15 is 0 Å². The summed E-state index contributed by atoms with van der Waals surface area (Å²) in [7, 11) is 1.86. The number of hydrogen-bond acceptors (Lipinski definition) is 6. The summed E-state index contributed by atoms with van der Waals surface area (Å²) in [6, 6.07) is 1.95. The zero-order chi connectivity index (χ0) is 20.7. The molecule has 0 radical (unpaired) electrons. The molecule has 3 heterocycles. The summed E-state index contributed by atoms with van der Waals surface area (Å²) >= 11 is 0. The Balaban J connectivity index is 1.72. The second-order valence-corrected chi connectivity index (χ2v) is 7.07. The minimum absolute atomic E-state index is 0.124. The van der Waals surface area contributed by atoms with Gasteiger partial charge in [0.1, 0.15) is 5.66 Å². The van der Waals surface area contributed by atoms with Crippen molar-refractivity contribution in [3.05, 3.63) is 41.6 Å². The molecule has 0 fully saturated rings. The molecule has 2 atom stereocenters. The number of guanidine groups is 1. The Kier molecular flexibility index (Phi) is 4.96. The minimum Gasteiger partial charge on any atom is -0.332 e. The molecule has 2 aromatic rings. The van der Waals surface area contributed by atoms with Crippen molar-refractivity contribution in [1.29, 1.82) is 0 Å². The fourth-order valence-electron chi connectivity index (χ4n) is 2.97. The molecular formula is C17H23F3N8. The summed E-state index contributed by atoms with van der Waals surface area (Å²) in [5.41, 5.74) is 5.31. The number of aliphatic imine (C=N–C) groups is 1. The third kappa shape index (κ3) is 4.03. The fraction of sp³-hybridized carbons (Fsp3) is 0.471. The van der Waals surface area contributed by atoms with Crippen molar-refractivity contribution < 1.29 is 13.2 Å². The smallest absolute Gasteiger partial charge is 0.332 e. The maximum atomic E-state index is 13.0. The maximum Gasteiger partial charge on any atom is 0.417 e. The zero-order valence-electron chi connectivity index (χ0n) is 16.0. The third-order valence-corrected chi connectivity index (χ3v) is 4.59. The van der Waals surface area contributed by atoms with E-state index in [1.807, 2.05) is 37.8 Å². The molecule has 0 bridgehead atoms. The van der Waals surface area contributed by atoms with E-state index in [1.54, 1.807) is 10.9 Å².